The smallest absolute Gasteiger partial charge is 0.326 e. The zero-order valence-corrected chi connectivity index (χ0v) is 8.78. The zero-order valence-electron chi connectivity index (χ0n) is 8.78. The molecule has 0 amide bonds. The molecule has 16 heavy (non-hydrogen) atoms. The normalized spacial score (nSPS) is 24.4. The predicted molar refractivity (Wildman–Crippen MR) is 59.2 cm³/mol. The molecule has 0 bridgehead atoms. The lowest BCUT2D eigenvalue weighted by molar-refractivity contribution is -0.138. The van der Waals surface area contributed by atoms with Gasteiger partial charge in [0.25, 0.3) is 0 Å². The molecule has 1 fully saturated rings. The molecule has 0 spiro atoms. The van der Waals surface area contributed by atoms with Crippen molar-refractivity contribution >= 4 is 11.9 Å². The summed E-state index contributed by atoms with van der Waals surface area (Å²) in [6.45, 7) is 3.72. The van der Waals surface area contributed by atoms with Gasteiger partial charge in [-0.3, -0.25) is 0 Å². The Bertz CT molecular complexity index is 393. The lowest BCUT2D eigenvalue weighted by Gasteiger charge is -2.25. The van der Waals surface area contributed by atoms with Gasteiger partial charge in [0.2, 0.25) is 5.95 Å². The van der Waals surface area contributed by atoms with Crippen LogP contribution in [-0.2, 0) is 4.79 Å². The van der Waals surface area contributed by atoms with Gasteiger partial charge in [0, 0.05) is 12.4 Å². The Morgan fingerprint density at radius 1 is 1.50 bits per heavy atom. The van der Waals surface area contributed by atoms with Gasteiger partial charge < -0.3 is 10.0 Å². The summed E-state index contributed by atoms with van der Waals surface area (Å²) < 4.78 is 0. The van der Waals surface area contributed by atoms with Gasteiger partial charge in [0.05, 0.1) is 6.04 Å². The molecule has 0 aromatic carbocycles. The number of hydrogen-bond acceptors (Lipinski definition) is 4. The molecule has 2 heterocycles. The highest BCUT2D eigenvalue weighted by molar-refractivity contribution is 5.78. The Balaban J connectivity index is 2.33. The number of aliphatic carboxylic acids is 1. The summed E-state index contributed by atoms with van der Waals surface area (Å²) in [5, 5.41) is 9.13. The Labute approximate surface area is 93.4 Å². The van der Waals surface area contributed by atoms with E-state index < -0.39 is 12.0 Å². The molecule has 0 radical (unpaired) electrons. The third kappa shape index (κ3) is 1.76. The summed E-state index contributed by atoms with van der Waals surface area (Å²) in [5.74, 6) is -0.380. The van der Waals surface area contributed by atoms with Crippen LogP contribution in [0.25, 0.3) is 0 Å². The number of rotatable bonds is 3. The monoisotopic (exact) mass is 219 g/mol. The van der Waals surface area contributed by atoms with Crippen molar-refractivity contribution in [2.24, 2.45) is 0 Å². The average molecular weight is 219 g/mol. The molecule has 1 saturated heterocycles. The van der Waals surface area contributed by atoms with Gasteiger partial charge in [-0.15, -0.1) is 6.58 Å². The Morgan fingerprint density at radius 3 is 2.75 bits per heavy atom. The maximum atomic E-state index is 11.1. The number of carboxylic acid groups (broad SMARTS) is 1. The summed E-state index contributed by atoms with van der Waals surface area (Å²) in [6.07, 6.45) is 6.35. The lowest BCUT2D eigenvalue weighted by atomic mass is 10.2. The van der Waals surface area contributed by atoms with E-state index in [1.807, 2.05) is 0 Å². The van der Waals surface area contributed by atoms with E-state index in [4.69, 9.17) is 5.11 Å². The number of anilines is 1. The predicted octanol–water partition coefficient (Wildman–Crippen LogP) is 1.08. The van der Waals surface area contributed by atoms with E-state index in [2.05, 4.69) is 16.5 Å². The summed E-state index contributed by atoms with van der Waals surface area (Å²) >= 11 is 0. The molecule has 1 aromatic rings. The number of carboxylic acids is 1. The highest BCUT2D eigenvalue weighted by Gasteiger charge is 2.37. The van der Waals surface area contributed by atoms with Gasteiger partial charge in [0.15, 0.2) is 0 Å². The molecular formula is C11H13N3O2. The van der Waals surface area contributed by atoms with E-state index in [1.165, 1.54) is 0 Å². The molecule has 1 aliphatic rings. The van der Waals surface area contributed by atoms with Gasteiger partial charge in [0.1, 0.15) is 6.04 Å². The minimum Gasteiger partial charge on any atom is -0.480 e. The molecule has 5 heteroatoms. The van der Waals surface area contributed by atoms with Crippen LogP contribution in [0, 0.1) is 0 Å². The Morgan fingerprint density at radius 2 is 2.19 bits per heavy atom. The quantitative estimate of drug-likeness (QED) is 0.771. The highest BCUT2D eigenvalue weighted by atomic mass is 16.4. The topological polar surface area (TPSA) is 66.3 Å². The molecule has 0 aliphatic carbocycles. The van der Waals surface area contributed by atoms with E-state index in [9.17, 15) is 4.79 Å². The summed E-state index contributed by atoms with van der Waals surface area (Å²) in [6, 6.07) is 1.16. The maximum absolute atomic E-state index is 11.1. The third-order valence-corrected chi connectivity index (χ3v) is 2.77. The van der Waals surface area contributed by atoms with Crippen molar-refractivity contribution in [3.05, 3.63) is 31.1 Å². The molecular weight excluding hydrogens is 206 g/mol. The van der Waals surface area contributed by atoms with Crippen LogP contribution in [0.3, 0.4) is 0 Å². The first-order valence-corrected chi connectivity index (χ1v) is 5.14. The van der Waals surface area contributed by atoms with Crippen LogP contribution in [0.4, 0.5) is 5.95 Å². The minimum atomic E-state index is -0.836. The molecule has 2 rings (SSSR count). The second-order valence-corrected chi connectivity index (χ2v) is 3.69. The first-order chi connectivity index (χ1) is 7.74. The van der Waals surface area contributed by atoms with Crippen molar-refractivity contribution < 1.29 is 9.90 Å². The molecule has 5 nitrogen and oxygen atoms in total. The van der Waals surface area contributed by atoms with Crippen LogP contribution in [0.1, 0.15) is 12.8 Å². The Hall–Kier alpha value is -1.91. The third-order valence-electron chi connectivity index (χ3n) is 2.77. The zero-order chi connectivity index (χ0) is 11.5. The molecule has 0 saturated carbocycles. The molecule has 2 unspecified atom stereocenters. The average Bonchev–Trinajstić information content (AvgIpc) is 2.73. The van der Waals surface area contributed by atoms with Gasteiger partial charge in [-0.05, 0) is 18.9 Å². The van der Waals surface area contributed by atoms with Gasteiger partial charge in [-0.2, -0.15) is 0 Å². The number of nitrogens with zero attached hydrogens (tertiary/aromatic N) is 3. The molecule has 1 N–H and O–H groups in total. The van der Waals surface area contributed by atoms with Gasteiger partial charge in [-0.25, -0.2) is 14.8 Å². The van der Waals surface area contributed by atoms with Crippen molar-refractivity contribution in [1.82, 2.24) is 9.97 Å². The van der Waals surface area contributed by atoms with E-state index in [-0.39, 0.29) is 6.04 Å². The first-order valence-electron chi connectivity index (χ1n) is 5.14. The molecule has 84 valence electrons. The SMILES string of the molecule is C=CC1CCC(C(=O)O)N1c1ncccn1. The van der Waals surface area contributed by atoms with E-state index in [0.717, 1.165) is 6.42 Å². The second kappa shape index (κ2) is 4.30. The van der Waals surface area contributed by atoms with E-state index in [0.29, 0.717) is 12.4 Å². The standard InChI is InChI=1S/C11H13N3O2/c1-2-8-4-5-9(10(15)16)14(8)11-12-6-3-7-13-11/h2-3,6-9H,1,4-5H2,(H,15,16). The van der Waals surface area contributed by atoms with Crippen LogP contribution < -0.4 is 4.90 Å². The van der Waals surface area contributed by atoms with Crippen molar-refractivity contribution in [2.45, 2.75) is 24.9 Å². The number of carbonyl (C=O) groups is 1. The molecule has 1 aliphatic heterocycles. The fourth-order valence-corrected chi connectivity index (χ4v) is 2.02. The van der Waals surface area contributed by atoms with Crippen molar-refractivity contribution in [3.8, 4) is 0 Å². The number of aromatic nitrogens is 2. The second-order valence-electron chi connectivity index (χ2n) is 3.69. The van der Waals surface area contributed by atoms with E-state index in [1.54, 1.807) is 29.4 Å². The maximum Gasteiger partial charge on any atom is 0.326 e. The minimum absolute atomic E-state index is 0.00324. The van der Waals surface area contributed by atoms with Crippen LogP contribution >= 0.6 is 0 Å². The van der Waals surface area contributed by atoms with Gasteiger partial charge >= 0.3 is 5.97 Å². The molecule has 1 aromatic heterocycles. The van der Waals surface area contributed by atoms with Crippen molar-refractivity contribution in [1.29, 1.82) is 0 Å². The van der Waals surface area contributed by atoms with Crippen LogP contribution in [0.5, 0.6) is 0 Å². The summed E-state index contributed by atoms with van der Waals surface area (Å²) in [5.41, 5.74) is 0. The van der Waals surface area contributed by atoms with Crippen LogP contribution in [-0.4, -0.2) is 33.1 Å². The van der Waals surface area contributed by atoms with E-state index >= 15 is 0 Å². The fraction of sp³-hybridized carbons (Fsp3) is 0.364. The lowest BCUT2D eigenvalue weighted by Crippen LogP contribution is -2.41. The van der Waals surface area contributed by atoms with Crippen molar-refractivity contribution in [3.63, 3.8) is 0 Å². The highest BCUT2D eigenvalue weighted by Crippen LogP contribution is 2.28. The van der Waals surface area contributed by atoms with Crippen molar-refractivity contribution in [2.75, 3.05) is 4.90 Å². The number of hydrogen-bond donors (Lipinski definition) is 1. The largest absolute Gasteiger partial charge is 0.480 e. The molecule has 2 atom stereocenters. The van der Waals surface area contributed by atoms with Crippen LogP contribution in [0.15, 0.2) is 31.1 Å². The van der Waals surface area contributed by atoms with Gasteiger partial charge in [-0.1, -0.05) is 6.08 Å². The summed E-state index contributed by atoms with van der Waals surface area (Å²) in [4.78, 5) is 21.0. The Kier molecular flexibility index (Phi) is 2.85. The fourth-order valence-electron chi connectivity index (χ4n) is 2.02. The summed E-state index contributed by atoms with van der Waals surface area (Å²) in [7, 11) is 0. The first kappa shape index (κ1) is 10.6. The van der Waals surface area contributed by atoms with Crippen LogP contribution in [0.2, 0.25) is 0 Å².